The van der Waals surface area contributed by atoms with Crippen LogP contribution in [0.25, 0.3) is 22.2 Å². The Balaban J connectivity index is 1.32. The minimum Gasteiger partial charge on any atom is -0.339 e. The Morgan fingerprint density at radius 2 is 2.27 bits per heavy atom. The monoisotopic (exact) mass is 370 g/mol. The summed E-state index contributed by atoms with van der Waals surface area (Å²) in [4.78, 5) is 22.5. The molecule has 4 aromatic rings. The predicted octanol–water partition coefficient (Wildman–Crippen LogP) is 2.19. The third-order valence-corrected chi connectivity index (χ3v) is 4.55. The highest BCUT2D eigenvalue weighted by atomic mass is 32.1. The smallest absolute Gasteiger partial charge is 0.239 e. The molecule has 0 fully saturated rings. The van der Waals surface area contributed by atoms with Crippen molar-refractivity contribution in [3.8, 4) is 22.2 Å². The first-order chi connectivity index (χ1) is 12.7. The fourth-order valence-corrected chi connectivity index (χ4v) is 3.12. The minimum absolute atomic E-state index is 0.190. The summed E-state index contributed by atoms with van der Waals surface area (Å²) in [5.74, 6) is 1.36. The number of H-pyrrole nitrogens is 2. The van der Waals surface area contributed by atoms with Crippen molar-refractivity contribution in [2.75, 3.05) is 5.32 Å². The molecule has 0 aliphatic rings. The molecular weight excluding hydrogens is 356 g/mol. The maximum atomic E-state index is 12.1. The van der Waals surface area contributed by atoms with Gasteiger partial charge in [0.15, 0.2) is 11.6 Å². The summed E-state index contributed by atoms with van der Waals surface area (Å²) in [5, 5.41) is 19.9. The predicted molar refractivity (Wildman–Crippen MR) is 93.3 cm³/mol. The fourth-order valence-electron chi connectivity index (χ4n) is 2.28. The van der Waals surface area contributed by atoms with Gasteiger partial charge < -0.3 is 9.84 Å². The van der Waals surface area contributed by atoms with Gasteiger partial charge in [-0.2, -0.15) is 15.2 Å². The molecule has 3 N–H and O–H groups in total. The molecule has 4 heterocycles. The van der Waals surface area contributed by atoms with Crippen LogP contribution in [0.2, 0.25) is 0 Å². The molecule has 0 unspecified atom stereocenters. The first-order valence-corrected chi connectivity index (χ1v) is 8.59. The number of anilines is 1. The lowest BCUT2D eigenvalue weighted by atomic mass is 10.3. The molecule has 4 rings (SSSR count). The lowest BCUT2D eigenvalue weighted by Gasteiger charge is -1.98. The van der Waals surface area contributed by atoms with Crippen LogP contribution in [-0.2, 0) is 11.2 Å². The summed E-state index contributed by atoms with van der Waals surface area (Å²) in [6, 6.07) is 5.86. The number of carbonyl (C=O) groups excluding carboxylic acids is 1. The number of amides is 1. The molecule has 0 spiro atoms. The second-order valence-electron chi connectivity index (χ2n) is 5.47. The third kappa shape index (κ3) is 3.52. The van der Waals surface area contributed by atoms with E-state index in [9.17, 15) is 4.79 Å². The molecule has 0 bridgehead atoms. The molecule has 0 aliphatic carbocycles. The molecular formula is C15H14N8O2S. The van der Waals surface area contributed by atoms with Gasteiger partial charge in [0.05, 0.1) is 10.6 Å². The van der Waals surface area contributed by atoms with E-state index in [2.05, 4.69) is 40.8 Å². The van der Waals surface area contributed by atoms with Crippen LogP contribution in [0.4, 0.5) is 5.82 Å². The van der Waals surface area contributed by atoms with Crippen LogP contribution in [0, 0.1) is 6.92 Å². The van der Waals surface area contributed by atoms with Gasteiger partial charge in [-0.25, -0.2) is 4.98 Å². The second kappa shape index (κ2) is 6.88. The lowest BCUT2D eigenvalue weighted by Crippen LogP contribution is -2.12. The highest BCUT2D eigenvalue weighted by Crippen LogP contribution is 2.27. The average Bonchev–Trinajstić information content (AvgIpc) is 3.39. The van der Waals surface area contributed by atoms with E-state index in [0.29, 0.717) is 29.8 Å². The number of hydrogen-bond donors (Lipinski definition) is 3. The van der Waals surface area contributed by atoms with Crippen LogP contribution in [0.15, 0.2) is 29.0 Å². The molecule has 0 saturated carbocycles. The van der Waals surface area contributed by atoms with Gasteiger partial charge >= 0.3 is 0 Å². The molecule has 132 valence electrons. The van der Waals surface area contributed by atoms with Gasteiger partial charge in [0, 0.05) is 23.8 Å². The number of thiophene rings is 1. The first kappa shape index (κ1) is 16.1. The normalized spacial score (nSPS) is 11.0. The van der Waals surface area contributed by atoms with Crippen molar-refractivity contribution in [1.82, 2.24) is 35.5 Å². The van der Waals surface area contributed by atoms with Gasteiger partial charge in [-0.1, -0.05) is 5.16 Å². The molecule has 11 heteroatoms. The second-order valence-corrected chi connectivity index (χ2v) is 6.76. The Labute approximate surface area is 151 Å². The number of aromatic nitrogens is 7. The van der Waals surface area contributed by atoms with Crippen molar-refractivity contribution in [1.29, 1.82) is 0 Å². The van der Waals surface area contributed by atoms with Gasteiger partial charge in [0.25, 0.3) is 0 Å². The van der Waals surface area contributed by atoms with E-state index in [1.165, 1.54) is 11.2 Å². The maximum Gasteiger partial charge on any atom is 0.239 e. The number of aromatic amines is 2. The first-order valence-electron chi connectivity index (χ1n) is 7.78. The highest BCUT2D eigenvalue weighted by Gasteiger charge is 2.13. The summed E-state index contributed by atoms with van der Waals surface area (Å²) < 4.78 is 5.10. The number of carbonyl (C=O) groups is 1. The molecule has 0 saturated heterocycles. The van der Waals surface area contributed by atoms with Crippen molar-refractivity contribution >= 4 is 23.1 Å². The fraction of sp³-hybridized carbons (Fsp3) is 0.200. The number of nitrogens with one attached hydrogen (secondary N) is 3. The zero-order chi connectivity index (χ0) is 17.9. The van der Waals surface area contributed by atoms with E-state index >= 15 is 0 Å². The highest BCUT2D eigenvalue weighted by molar-refractivity contribution is 7.15. The van der Waals surface area contributed by atoms with E-state index in [1.54, 1.807) is 17.4 Å². The molecule has 1 amide bonds. The quantitative estimate of drug-likeness (QED) is 0.473. The minimum atomic E-state index is -0.190. The molecule has 0 radical (unpaired) electrons. The number of rotatable bonds is 6. The van der Waals surface area contributed by atoms with Crippen LogP contribution in [-0.4, -0.2) is 41.4 Å². The Morgan fingerprint density at radius 1 is 1.35 bits per heavy atom. The Kier molecular flexibility index (Phi) is 4.27. The summed E-state index contributed by atoms with van der Waals surface area (Å²) >= 11 is 1.66. The van der Waals surface area contributed by atoms with Crippen molar-refractivity contribution in [3.05, 3.63) is 35.3 Å². The summed E-state index contributed by atoms with van der Waals surface area (Å²) in [6.45, 7) is 2.04. The van der Waals surface area contributed by atoms with Crippen LogP contribution in [0.1, 0.15) is 17.2 Å². The van der Waals surface area contributed by atoms with Crippen LogP contribution in [0.5, 0.6) is 0 Å². The SMILES string of the molecule is Cc1ccc(-c2cc(NC(=O)CCc3nc(-c4ncn[nH]4)no3)n[nH]2)s1. The summed E-state index contributed by atoms with van der Waals surface area (Å²) in [6.07, 6.45) is 1.86. The van der Waals surface area contributed by atoms with Crippen LogP contribution >= 0.6 is 11.3 Å². The molecule has 4 aromatic heterocycles. The van der Waals surface area contributed by atoms with Crippen molar-refractivity contribution in [2.24, 2.45) is 0 Å². The average molecular weight is 370 g/mol. The number of hydrogen-bond acceptors (Lipinski definition) is 8. The van der Waals surface area contributed by atoms with Crippen molar-refractivity contribution < 1.29 is 9.32 Å². The molecule has 0 atom stereocenters. The van der Waals surface area contributed by atoms with Gasteiger partial charge in [-0.15, -0.1) is 11.3 Å². The molecule has 0 aliphatic heterocycles. The lowest BCUT2D eigenvalue weighted by molar-refractivity contribution is -0.116. The van der Waals surface area contributed by atoms with E-state index in [-0.39, 0.29) is 12.3 Å². The number of nitrogens with zero attached hydrogens (tertiary/aromatic N) is 5. The van der Waals surface area contributed by atoms with E-state index in [4.69, 9.17) is 4.52 Å². The summed E-state index contributed by atoms with van der Waals surface area (Å²) in [7, 11) is 0. The van der Waals surface area contributed by atoms with Crippen LogP contribution in [0.3, 0.4) is 0 Å². The van der Waals surface area contributed by atoms with Gasteiger partial charge in [-0.05, 0) is 19.1 Å². The summed E-state index contributed by atoms with van der Waals surface area (Å²) in [5.41, 5.74) is 0.868. The maximum absolute atomic E-state index is 12.1. The topological polar surface area (TPSA) is 138 Å². The van der Waals surface area contributed by atoms with E-state index < -0.39 is 0 Å². The largest absolute Gasteiger partial charge is 0.339 e. The van der Waals surface area contributed by atoms with Crippen molar-refractivity contribution in [3.63, 3.8) is 0 Å². The Morgan fingerprint density at radius 3 is 3.04 bits per heavy atom. The molecule has 10 nitrogen and oxygen atoms in total. The zero-order valence-electron chi connectivity index (χ0n) is 13.7. The van der Waals surface area contributed by atoms with Crippen LogP contribution < -0.4 is 5.32 Å². The third-order valence-electron chi connectivity index (χ3n) is 3.51. The van der Waals surface area contributed by atoms with Gasteiger partial charge in [-0.3, -0.25) is 15.0 Å². The molecule has 0 aromatic carbocycles. The van der Waals surface area contributed by atoms with Gasteiger partial charge in [0.2, 0.25) is 17.6 Å². The van der Waals surface area contributed by atoms with Crippen molar-refractivity contribution in [2.45, 2.75) is 19.8 Å². The van der Waals surface area contributed by atoms with E-state index in [1.807, 2.05) is 19.1 Å². The Hall–Kier alpha value is -3.34. The zero-order valence-corrected chi connectivity index (χ0v) is 14.5. The number of aryl methyl sites for hydroxylation is 2. The molecule has 26 heavy (non-hydrogen) atoms. The van der Waals surface area contributed by atoms with Gasteiger partial charge in [0.1, 0.15) is 6.33 Å². The van der Waals surface area contributed by atoms with E-state index in [0.717, 1.165) is 10.6 Å². The standard InChI is InChI=1S/C15H14N8O2S/c1-8-2-3-10(26-8)9-6-11(21-20-9)18-12(24)4-5-13-19-15(23-25-13)14-16-7-17-22-14/h2-3,6-7H,4-5H2,1H3,(H,16,17,22)(H2,18,20,21,24). The Bertz CT molecular complexity index is 1020.